The molecule has 0 amide bonds. The molecule has 0 spiro atoms. The van der Waals surface area contributed by atoms with Crippen LogP contribution in [-0.4, -0.2) is 57.7 Å². The number of fused-ring (bicyclic) bond motifs is 1. The number of H-pyrrole nitrogens is 1. The number of thioether (sulfide) groups is 1. The topological polar surface area (TPSA) is 93.0 Å². The van der Waals surface area contributed by atoms with Crippen LogP contribution in [0.2, 0.25) is 0 Å². The Kier molecular flexibility index (Phi) is 6.20. The maximum Gasteiger partial charge on any atom is 0.164 e. The van der Waals surface area contributed by atoms with Crippen molar-refractivity contribution in [2.45, 2.75) is 25.8 Å². The van der Waals surface area contributed by atoms with E-state index < -0.39 is 0 Å². The lowest BCUT2D eigenvalue weighted by atomic mass is 10.1. The number of rotatable bonds is 4. The Morgan fingerprint density at radius 3 is 2.90 bits per heavy atom. The standard InChI is InChI=1S/C16H18N6O.C5H10S/c1-10-9-23-7-6-22(10)14-8-13(17)20-16(21-14)12-3-5-19-15-11(12)2-4-18-15;1-6-4-5-2-3-5/h2-5,8,10H,6-7,9H2,1H3,(H,18,19)(H2,17,20,21);5H,2-4H2,1H3. The van der Waals surface area contributed by atoms with E-state index in [-0.39, 0.29) is 6.04 Å². The van der Waals surface area contributed by atoms with Crippen LogP contribution < -0.4 is 10.6 Å². The van der Waals surface area contributed by atoms with E-state index in [1.165, 1.54) is 18.6 Å². The van der Waals surface area contributed by atoms with Gasteiger partial charge in [-0.15, -0.1) is 0 Å². The van der Waals surface area contributed by atoms with Crippen LogP contribution in [0, 0.1) is 5.92 Å². The third-order valence-corrected chi connectivity index (χ3v) is 6.00. The number of nitrogens with one attached hydrogen (secondary N) is 1. The van der Waals surface area contributed by atoms with Crippen LogP contribution in [0.5, 0.6) is 0 Å². The molecular formula is C21H28N6OS. The van der Waals surface area contributed by atoms with E-state index in [4.69, 9.17) is 15.5 Å². The minimum Gasteiger partial charge on any atom is -0.384 e. The Morgan fingerprint density at radius 1 is 1.31 bits per heavy atom. The fraction of sp³-hybridized carbons (Fsp3) is 0.476. The summed E-state index contributed by atoms with van der Waals surface area (Å²) in [5.74, 6) is 4.43. The van der Waals surface area contributed by atoms with E-state index in [1.54, 1.807) is 6.20 Å². The van der Waals surface area contributed by atoms with Crippen LogP contribution in [0.4, 0.5) is 11.6 Å². The molecule has 8 heteroatoms. The highest BCUT2D eigenvalue weighted by atomic mass is 32.2. The first kappa shape index (κ1) is 20.0. The fourth-order valence-electron chi connectivity index (χ4n) is 3.46. The lowest BCUT2D eigenvalue weighted by Gasteiger charge is -2.34. The molecule has 3 aromatic heterocycles. The first-order chi connectivity index (χ1) is 14.2. The van der Waals surface area contributed by atoms with Gasteiger partial charge < -0.3 is 20.4 Å². The first-order valence-electron chi connectivity index (χ1n) is 10.1. The average Bonchev–Trinajstić information content (AvgIpc) is 3.41. The zero-order chi connectivity index (χ0) is 20.2. The number of nitrogen functional groups attached to an aromatic ring is 1. The van der Waals surface area contributed by atoms with E-state index in [2.05, 4.69) is 33.0 Å². The largest absolute Gasteiger partial charge is 0.384 e. The maximum atomic E-state index is 6.04. The molecular weight excluding hydrogens is 384 g/mol. The van der Waals surface area contributed by atoms with E-state index in [0.29, 0.717) is 24.9 Å². The van der Waals surface area contributed by atoms with Crippen LogP contribution >= 0.6 is 11.8 Å². The molecule has 5 rings (SSSR count). The Labute approximate surface area is 175 Å². The van der Waals surface area contributed by atoms with Gasteiger partial charge >= 0.3 is 0 Å². The van der Waals surface area contributed by atoms with Gasteiger partial charge in [0, 0.05) is 36.0 Å². The molecule has 3 aromatic rings. The fourth-order valence-corrected chi connectivity index (χ4v) is 4.27. The number of hydrogen-bond acceptors (Lipinski definition) is 7. The Morgan fingerprint density at radius 2 is 2.17 bits per heavy atom. The lowest BCUT2D eigenvalue weighted by Crippen LogP contribution is -2.44. The number of pyridine rings is 1. The van der Waals surface area contributed by atoms with Gasteiger partial charge in [-0.3, -0.25) is 0 Å². The summed E-state index contributed by atoms with van der Waals surface area (Å²) in [4.78, 5) is 18.8. The highest BCUT2D eigenvalue weighted by Crippen LogP contribution is 2.31. The molecule has 1 unspecified atom stereocenters. The quantitative estimate of drug-likeness (QED) is 0.676. The molecule has 0 bridgehead atoms. The van der Waals surface area contributed by atoms with Crippen molar-refractivity contribution in [3.05, 3.63) is 30.6 Å². The van der Waals surface area contributed by atoms with Crippen molar-refractivity contribution < 1.29 is 4.74 Å². The first-order valence-corrected chi connectivity index (χ1v) is 11.5. The molecule has 0 radical (unpaired) electrons. The van der Waals surface area contributed by atoms with E-state index in [1.807, 2.05) is 36.2 Å². The normalized spacial score (nSPS) is 19.1. The van der Waals surface area contributed by atoms with Gasteiger partial charge in [0.25, 0.3) is 0 Å². The van der Waals surface area contributed by atoms with Crippen molar-refractivity contribution >= 4 is 34.4 Å². The van der Waals surface area contributed by atoms with Crippen molar-refractivity contribution in [2.24, 2.45) is 5.92 Å². The predicted molar refractivity (Wildman–Crippen MR) is 120 cm³/mol. The van der Waals surface area contributed by atoms with E-state index in [9.17, 15) is 0 Å². The van der Waals surface area contributed by atoms with Gasteiger partial charge in [0.15, 0.2) is 5.82 Å². The number of nitrogens with zero attached hydrogens (tertiary/aromatic N) is 4. The van der Waals surface area contributed by atoms with Crippen molar-refractivity contribution in [3.8, 4) is 11.4 Å². The van der Waals surface area contributed by atoms with E-state index in [0.717, 1.165) is 34.9 Å². The van der Waals surface area contributed by atoms with Crippen LogP contribution in [0.1, 0.15) is 19.8 Å². The highest BCUT2D eigenvalue weighted by molar-refractivity contribution is 7.98. The van der Waals surface area contributed by atoms with Crippen LogP contribution in [0.3, 0.4) is 0 Å². The second kappa shape index (κ2) is 9.00. The van der Waals surface area contributed by atoms with Gasteiger partial charge in [0.2, 0.25) is 0 Å². The smallest absolute Gasteiger partial charge is 0.164 e. The van der Waals surface area contributed by atoms with Gasteiger partial charge in [0.05, 0.1) is 19.3 Å². The zero-order valence-electron chi connectivity index (χ0n) is 17.0. The van der Waals surface area contributed by atoms with Gasteiger partial charge in [-0.1, -0.05) is 0 Å². The summed E-state index contributed by atoms with van der Waals surface area (Å²) < 4.78 is 5.50. The SMILES string of the molecule is CC1COCCN1c1cc(N)nc(-c2ccnc3[nH]ccc23)n1.CSCC1CC1. The molecule has 0 aromatic carbocycles. The Balaban J connectivity index is 0.000000294. The molecule has 154 valence electrons. The number of ether oxygens (including phenoxy) is 1. The summed E-state index contributed by atoms with van der Waals surface area (Å²) in [5, 5.41) is 0.985. The zero-order valence-corrected chi connectivity index (χ0v) is 17.8. The molecule has 1 aliphatic heterocycles. The summed E-state index contributed by atoms with van der Waals surface area (Å²) in [7, 11) is 0. The van der Waals surface area contributed by atoms with Crippen LogP contribution in [0.15, 0.2) is 30.6 Å². The highest BCUT2D eigenvalue weighted by Gasteiger charge is 2.22. The van der Waals surface area contributed by atoms with Gasteiger partial charge in [-0.25, -0.2) is 15.0 Å². The van der Waals surface area contributed by atoms with Crippen LogP contribution in [0.25, 0.3) is 22.4 Å². The molecule has 3 N–H and O–H groups in total. The average molecular weight is 413 g/mol. The van der Waals surface area contributed by atoms with Crippen molar-refractivity contribution in [2.75, 3.05) is 42.4 Å². The molecule has 1 saturated carbocycles. The summed E-state index contributed by atoms with van der Waals surface area (Å²) in [5.41, 5.74) is 7.77. The summed E-state index contributed by atoms with van der Waals surface area (Å²) >= 11 is 1.97. The lowest BCUT2D eigenvalue weighted by molar-refractivity contribution is 0.0985. The van der Waals surface area contributed by atoms with Crippen molar-refractivity contribution in [3.63, 3.8) is 0 Å². The molecule has 1 aliphatic carbocycles. The minimum absolute atomic E-state index is 0.260. The monoisotopic (exact) mass is 412 g/mol. The van der Waals surface area contributed by atoms with Gasteiger partial charge in [-0.05, 0) is 49.8 Å². The summed E-state index contributed by atoms with van der Waals surface area (Å²) in [6.45, 7) is 4.30. The Hall–Kier alpha value is -2.32. The molecule has 1 atom stereocenters. The maximum absolute atomic E-state index is 6.04. The molecule has 1 saturated heterocycles. The molecule has 2 fully saturated rings. The summed E-state index contributed by atoms with van der Waals surface area (Å²) in [6, 6.07) is 5.97. The third kappa shape index (κ3) is 4.82. The third-order valence-electron chi connectivity index (χ3n) is 5.19. The number of morpholine rings is 1. The predicted octanol–water partition coefficient (Wildman–Crippen LogP) is 3.59. The number of hydrogen-bond donors (Lipinski definition) is 2. The molecule has 7 nitrogen and oxygen atoms in total. The molecule has 4 heterocycles. The number of aromatic amines is 1. The molecule has 29 heavy (non-hydrogen) atoms. The molecule has 2 aliphatic rings. The van der Waals surface area contributed by atoms with Gasteiger partial charge in [-0.2, -0.15) is 11.8 Å². The number of nitrogens with two attached hydrogens (primary N) is 1. The van der Waals surface area contributed by atoms with E-state index >= 15 is 0 Å². The minimum atomic E-state index is 0.260. The number of aromatic nitrogens is 4. The second-order valence-electron chi connectivity index (χ2n) is 7.59. The second-order valence-corrected chi connectivity index (χ2v) is 8.50. The van der Waals surface area contributed by atoms with Crippen LogP contribution in [-0.2, 0) is 4.74 Å². The van der Waals surface area contributed by atoms with Crippen molar-refractivity contribution in [1.29, 1.82) is 0 Å². The Bertz CT molecular complexity index is 957. The van der Waals surface area contributed by atoms with Crippen molar-refractivity contribution in [1.82, 2.24) is 19.9 Å². The number of anilines is 2. The summed E-state index contributed by atoms with van der Waals surface area (Å²) in [6.07, 6.45) is 8.79. The van der Waals surface area contributed by atoms with Gasteiger partial charge in [0.1, 0.15) is 17.3 Å².